The molecule has 1 aliphatic heterocycles. The molecule has 22 heavy (non-hydrogen) atoms. The number of rotatable bonds is 1. The molecular weight excluding hydrogens is 278 g/mol. The second-order valence-corrected chi connectivity index (χ2v) is 7.23. The Bertz CT molecular complexity index is 736. The van der Waals surface area contributed by atoms with Gasteiger partial charge in [0.15, 0.2) is 11.4 Å². The minimum atomic E-state index is 0.0434. The fourth-order valence-corrected chi connectivity index (χ4v) is 3.82. The molecule has 1 atom stereocenters. The fourth-order valence-electron chi connectivity index (χ4n) is 3.82. The molecule has 4 rings (SSSR count). The summed E-state index contributed by atoms with van der Waals surface area (Å²) < 4.78 is 6.28. The first-order chi connectivity index (χ1) is 10.5. The van der Waals surface area contributed by atoms with Crippen LogP contribution in [0.2, 0.25) is 0 Å². The molecule has 0 spiro atoms. The van der Waals surface area contributed by atoms with Crippen molar-refractivity contribution in [1.29, 1.82) is 0 Å². The summed E-state index contributed by atoms with van der Waals surface area (Å²) >= 11 is 0. The van der Waals surface area contributed by atoms with E-state index >= 15 is 0 Å². The molecule has 0 unspecified atom stereocenters. The summed E-state index contributed by atoms with van der Waals surface area (Å²) in [4.78, 5) is 11.1. The average Bonchev–Trinajstić information content (AvgIpc) is 3.03. The van der Waals surface area contributed by atoms with Crippen LogP contribution >= 0.6 is 0 Å². The lowest BCUT2D eigenvalue weighted by molar-refractivity contribution is 0.345. The maximum Gasteiger partial charge on any atom is 0.222 e. The Morgan fingerprint density at radius 3 is 2.86 bits per heavy atom. The molecule has 2 aromatic heterocycles. The summed E-state index contributed by atoms with van der Waals surface area (Å²) in [7, 11) is 0. The van der Waals surface area contributed by atoms with E-state index in [1.54, 1.807) is 0 Å². The van der Waals surface area contributed by atoms with E-state index in [1.165, 1.54) is 5.56 Å². The highest BCUT2D eigenvalue weighted by molar-refractivity contribution is 5.89. The maximum atomic E-state index is 6.28. The van der Waals surface area contributed by atoms with E-state index in [0.717, 1.165) is 61.5 Å². The summed E-state index contributed by atoms with van der Waals surface area (Å²) in [6, 6.07) is 0.187. The fraction of sp³-hybridized carbons (Fsp3) is 0.625. The molecule has 118 valence electrons. The van der Waals surface area contributed by atoms with Crippen LogP contribution in [0.25, 0.3) is 11.1 Å². The third kappa shape index (κ3) is 1.97. The van der Waals surface area contributed by atoms with Crippen molar-refractivity contribution in [3.8, 4) is 0 Å². The zero-order chi connectivity index (χ0) is 15.5. The number of aryl methyl sites for hydroxylation is 1. The lowest BCUT2D eigenvalue weighted by Gasteiger charge is -2.27. The SMILES string of the molecule is CC1(C)CCCc2c1oc1c(N3CC[C@@H](N)C3)nc(N)nc21. The molecule has 6 heteroatoms. The van der Waals surface area contributed by atoms with E-state index in [1.807, 2.05) is 0 Å². The van der Waals surface area contributed by atoms with Crippen LogP contribution in [0.15, 0.2) is 4.42 Å². The minimum Gasteiger partial charge on any atom is -0.455 e. The second-order valence-electron chi connectivity index (χ2n) is 7.23. The molecule has 6 nitrogen and oxygen atoms in total. The van der Waals surface area contributed by atoms with Gasteiger partial charge in [-0.15, -0.1) is 0 Å². The molecule has 0 amide bonds. The summed E-state index contributed by atoms with van der Waals surface area (Å²) in [5.41, 5.74) is 14.9. The molecule has 0 bridgehead atoms. The van der Waals surface area contributed by atoms with Crippen LogP contribution in [0.3, 0.4) is 0 Å². The van der Waals surface area contributed by atoms with Gasteiger partial charge in [0.05, 0.1) is 0 Å². The van der Waals surface area contributed by atoms with Gasteiger partial charge in [0, 0.05) is 30.1 Å². The van der Waals surface area contributed by atoms with Gasteiger partial charge in [-0.2, -0.15) is 4.98 Å². The van der Waals surface area contributed by atoms with E-state index in [9.17, 15) is 0 Å². The normalized spacial score (nSPS) is 24.0. The van der Waals surface area contributed by atoms with Crippen molar-refractivity contribution in [3.05, 3.63) is 11.3 Å². The number of nitrogens with zero attached hydrogens (tertiary/aromatic N) is 3. The first-order valence-corrected chi connectivity index (χ1v) is 8.05. The third-order valence-corrected chi connectivity index (χ3v) is 5.00. The van der Waals surface area contributed by atoms with Gasteiger partial charge >= 0.3 is 0 Å². The molecule has 2 aromatic rings. The van der Waals surface area contributed by atoms with Crippen molar-refractivity contribution >= 4 is 22.9 Å². The Morgan fingerprint density at radius 1 is 1.32 bits per heavy atom. The summed E-state index contributed by atoms with van der Waals surface area (Å²) in [5, 5.41) is 0. The van der Waals surface area contributed by atoms with E-state index < -0.39 is 0 Å². The van der Waals surface area contributed by atoms with Crippen LogP contribution in [0.4, 0.5) is 11.8 Å². The topological polar surface area (TPSA) is 94.2 Å². The molecule has 3 heterocycles. The van der Waals surface area contributed by atoms with Crippen molar-refractivity contribution in [3.63, 3.8) is 0 Å². The summed E-state index contributed by atoms with van der Waals surface area (Å²) in [6.07, 6.45) is 4.26. The summed E-state index contributed by atoms with van der Waals surface area (Å²) in [5.74, 6) is 2.17. The number of furan rings is 1. The standard InChI is InChI=1S/C16H23N5O/c1-16(2)6-3-4-10-11-12(22-13(10)16)14(20-15(18)19-11)21-7-5-9(17)8-21/h9H,3-8,17H2,1-2H3,(H2,18,19,20)/t9-/m1/s1. The number of fused-ring (bicyclic) bond motifs is 3. The van der Waals surface area contributed by atoms with Crippen molar-refractivity contribution < 1.29 is 4.42 Å². The predicted octanol–water partition coefficient (Wildman–Crippen LogP) is 1.96. The lowest BCUT2D eigenvalue weighted by atomic mass is 9.77. The van der Waals surface area contributed by atoms with Gasteiger partial charge in [0.25, 0.3) is 0 Å². The Kier molecular flexibility index (Phi) is 2.88. The average molecular weight is 301 g/mol. The lowest BCUT2D eigenvalue weighted by Crippen LogP contribution is -2.27. The molecule has 1 saturated heterocycles. The van der Waals surface area contributed by atoms with Gasteiger partial charge in [-0.05, 0) is 25.7 Å². The second kappa shape index (κ2) is 4.59. The van der Waals surface area contributed by atoms with E-state index in [2.05, 4.69) is 28.7 Å². The van der Waals surface area contributed by atoms with E-state index in [0.29, 0.717) is 5.95 Å². The van der Waals surface area contributed by atoms with Crippen LogP contribution in [0.5, 0.6) is 0 Å². The highest BCUT2D eigenvalue weighted by Gasteiger charge is 2.35. The van der Waals surface area contributed by atoms with E-state index in [4.69, 9.17) is 15.9 Å². The number of anilines is 2. The number of aromatic nitrogens is 2. The Hall–Kier alpha value is -1.82. The molecule has 0 radical (unpaired) electrons. The van der Waals surface area contributed by atoms with Gasteiger partial charge in [-0.1, -0.05) is 13.8 Å². The third-order valence-electron chi connectivity index (χ3n) is 5.00. The first-order valence-electron chi connectivity index (χ1n) is 8.05. The van der Waals surface area contributed by atoms with Crippen molar-refractivity contribution in [2.45, 2.75) is 51.0 Å². The van der Waals surface area contributed by atoms with Gasteiger partial charge in [0.1, 0.15) is 11.3 Å². The van der Waals surface area contributed by atoms with E-state index in [-0.39, 0.29) is 11.5 Å². The Labute approximate surface area is 129 Å². The Balaban J connectivity index is 1.93. The zero-order valence-electron chi connectivity index (χ0n) is 13.2. The zero-order valence-corrected chi connectivity index (χ0v) is 13.2. The van der Waals surface area contributed by atoms with Gasteiger partial charge in [0.2, 0.25) is 5.95 Å². The molecule has 2 aliphatic rings. The molecule has 4 N–H and O–H groups in total. The van der Waals surface area contributed by atoms with Crippen LogP contribution < -0.4 is 16.4 Å². The molecule has 0 aromatic carbocycles. The first kappa shape index (κ1) is 13.8. The molecule has 0 saturated carbocycles. The smallest absolute Gasteiger partial charge is 0.222 e. The Morgan fingerprint density at radius 2 is 2.14 bits per heavy atom. The van der Waals surface area contributed by atoms with Crippen molar-refractivity contribution in [2.75, 3.05) is 23.7 Å². The van der Waals surface area contributed by atoms with Gasteiger partial charge < -0.3 is 20.8 Å². The quantitative estimate of drug-likeness (QED) is 0.836. The predicted molar refractivity (Wildman–Crippen MR) is 87.0 cm³/mol. The van der Waals surface area contributed by atoms with Crippen LogP contribution in [0, 0.1) is 0 Å². The van der Waals surface area contributed by atoms with Crippen molar-refractivity contribution in [2.24, 2.45) is 5.73 Å². The van der Waals surface area contributed by atoms with Crippen LogP contribution in [-0.4, -0.2) is 29.1 Å². The highest BCUT2D eigenvalue weighted by atomic mass is 16.3. The molecular formula is C16H23N5O. The summed E-state index contributed by atoms with van der Waals surface area (Å²) in [6.45, 7) is 6.15. The van der Waals surface area contributed by atoms with Gasteiger partial charge in [-0.25, -0.2) is 4.98 Å². The largest absolute Gasteiger partial charge is 0.455 e. The van der Waals surface area contributed by atoms with Crippen molar-refractivity contribution in [1.82, 2.24) is 9.97 Å². The number of hydrogen-bond donors (Lipinski definition) is 2. The number of nitrogens with two attached hydrogens (primary N) is 2. The molecule has 1 aliphatic carbocycles. The minimum absolute atomic E-state index is 0.0434. The monoisotopic (exact) mass is 301 g/mol. The molecule has 1 fully saturated rings. The maximum absolute atomic E-state index is 6.28. The number of nitrogen functional groups attached to an aromatic ring is 1. The number of hydrogen-bond acceptors (Lipinski definition) is 6. The highest BCUT2D eigenvalue weighted by Crippen LogP contribution is 2.43. The van der Waals surface area contributed by atoms with Crippen LogP contribution in [-0.2, 0) is 11.8 Å². The van der Waals surface area contributed by atoms with Crippen LogP contribution in [0.1, 0.15) is 44.4 Å². The van der Waals surface area contributed by atoms with Gasteiger partial charge in [-0.3, -0.25) is 0 Å².